The van der Waals surface area contributed by atoms with E-state index in [0.717, 1.165) is 5.75 Å². The van der Waals surface area contributed by atoms with Gasteiger partial charge in [0.2, 0.25) is 0 Å². The van der Waals surface area contributed by atoms with Crippen LogP contribution in [0.15, 0.2) is 33.9 Å². The Bertz CT molecular complexity index is 585. The van der Waals surface area contributed by atoms with Gasteiger partial charge in [-0.3, -0.25) is 4.79 Å². The normalized spacial score (nSPS) is 10.3. The van der Waals surface area contributed by atoms with E-state index in [4.69, 9.17) is 19.0 Å². The van der Waals surface area contributed by atoms with Crippen molar-refractivity contribution in [2.75, 3.05) is 12.9 Å². The van der Waals surface area contributed by atoms with E-state index in [1.165, 1.54) is 11.8 Å². The summed E-state index contributed by atoms with van der Waals surface area (Å²) in [5, 5.41) is 16.5. The molecule has 8 heteroatoms. The summed E-state index contributed by atoms with van der Waals surface area (Å²) in [5.74, 6) is 1.27. The van der Waals surface area contributed by atoms with Crippen LogP contribution in [0.1, 0.15) is 12.3 Å². The lowest BCUT2D eigenvalue weighted by Crippen LogP contribution is -1.95. The molecule has 0 radical (unpaired) electrons. The number of thioether (sulfide) groups is 1. The van der Waals surface area contributed by atoms with Gasteiger partial charge in [0.05, 0.1) is 13.5 Å². The van der Waals surface area contributed by atoms with Gasteiger partial charge in [-0.05, 0) is 24.3 Å². The van der Waals surface area contributed by atoms with Gasteiger partial charge in [-0.25, -0.2) is 0 Å². The van der Waals surface area contributed by atoms with Crippen LogP contribution in [-0.2, 0) is 11.4 Å². The molecule has 2 rings (SSSR count). The maximum atomic E-state index is 10.4. The molecule has 0 fully saturated rings. The van der Waals surface area contributed by atoms with Crippen molar-refractivity contribution in [3.05, 3.63) is 30.2 Å². The van der Waals surface area contributed by atoms with E-state index in [2.05, 4.69) is 10.2 Å². The van der Waals surface area contributed by atoms with Crippen LogP contribution in [0.5, 0.6) is 11.5 Å². The zero-order chi connectivity index (χ0) is 15.1. The van der Waals surface area contributed by atoms with E-state index in [-0.39, 0.29) is 13.0 Å². The Balaban J connectivity index is 1.80. The fourth-order valence-electron chi connectivity index (χ4n) is 1.40. The third-order valence-corrected chi connectivity index (χ3v) is 3.23. The van der Waals surface area contributed by atoms with Crippen molar-refractivity contribution >= 4 is 17.7 Å². The third kappa shape index (κ3) is 4.99. The summed E-state index contributed by atoms with van der Waals surface area (Å²) in [5.41, 5.74) is 0. The van der Waals surface area contributed by atoms with Gasteiger partial charge in [-0.1, -0.05) is 11.8 Å². The average molecular weight is 310 g/mol. The second-order valence-electron chi connectivity index (χ2n) is 3.92. The van der Waals surface area contributed by atoms with E-state index >= 15 is 0 Å². The van der Waals surface area contributed by atoms with Crippen molar-refractivity contribution in [3.63, 3.8) is 0 Å². The molecule has 0 saturated carbocycles. The molecule has 1 heterocycles. The lowest BCUT2D eigenvalue weighted by Gasteiger charge is -2.04. The van der Waals surface area contributed by atoms with Crippen molar-refractivity contribution < 1.29 is 23.8 Å². The van der Waals surface area contributed by atoms with Crippen LogP contribution in [0.4, 0.5) is 0 Å². The van der Waals surface area contributed by atoms with Gasteiger partial charge in [0.1, 0.15) is 11.5 Å². The molecule has 0 amide bonds. The highest BCUT2D eigenvalue weighted by Crippen LogP contribution is 2.20. The van der Waals surface area contributed by atoms with Gasteiger partial charge in [-0.2, -0.15) is 0 Å². The molecule has 0 aliphatic rings. The molecule has 0 atom stereocenters. The highest BCUT2D eigenvalue weighted by molar-refractivity contribution is 7.99. The Kier molecular flexibility index (Phi) is 5.44. The van der Waals surface area contributed by atoms with Crippen LogP contribution in [0, 0.1) is 0 Å². The number of aromatic nitrogens is 2. The van der Waals surface area contributed by atoms with Crippen LogP contribution in [0.2, 0.25) is 0 Å². The van der Waals surface area contributed by atoms with Gasteiger partial charge in [-0.15, -0.1) is 10.2 Å². The van der Waals surface area contributed by atoms with Crippen molar-refractivity contribution in [2.24, 2.45) is 0 Å². The molecule has 0 bridgehead atoms. The molecule has 21 heavy (non-hydrogen) atoms. The fourth-order valence-corrected chi connectivity index (χ4v) is 2.10. The minimum atomic E-state index is -0.856. The van der Waals surface area contributed by atoms with E-state index in [1.807, 2.05) is 0 Å². The summed E-state index contributed by atoms with van der Waals surface area (Å²) in [6.45, 7) is 0.152. The van der Waals surface area contributed by atoms with E-state index in [0.29, 0.717) is 22.6 Å². The largest absolute Gasteiger partial charge is 0.497 e. The Morgan fingerprint density at radius 2 is 2.00 bits per heavy atom. The smallest absolute Gasteiger partial charge is 0.304 e. The number of carbonyl (C=O) groups is 1. The number of aliphatic carboxylic acids is 1. The summed E-state index contributed by atoms with van der Waals surface area (Å²) in [6.07, 6.45) is 0.0464. The monoisotopic (exact) mass is 310 g/mol. The molecule has 0 spiro atoms. The minimum Gasteiger partial charge on any atom is -0.497 e. The second-order valence-corrected chi connectivity index (χ2v) is 4.96. The van der Waals surface area contributed by atoms with Gasteiger partial charge in [0, 0.05) is 5.75 Å². The molecule has 1 aromatic heterocycles. The lowest BCUT2D eigenvalue weighted by molar-refractivity contribution is -0.136. The zero-order valence-corrected chi connectivity index (χ0v) is 12.1. The van der Waals surface area contributed by atoms with Crippen LogP contribution < -0.4 is 9.47 Å². The van der Waals surface area contributed by atoms with Crippen LogP contribution in [0.3, 0.4) is 0 Å². The maximum absolute atomic E-state index is 10.4. The van der Waals surface area contributed by atoms with Crippen molar-refractivity contribution in [1.29, 1.82) is 0 Å². The number of rotatable bonds is 8. The average Bonchev–Trinajstić information content (AvgIpc) is 2.93. The first-order valence-corrected chi connectivity index (χ1v) is 7.10. The van der Waals surface area contributed by atoms with Gasteiger partial charge >= 0.3 is 5.97 Å². The minimum absolute atomic E-state index is 0.0464. The first-order valence-electron chi connectivity index (χ1n) is 6.11. The molecule has 2 aromatic rings. The summed E-state index contributed by atoms with van der Waals surface area (Å²) < 4.78 is 15.9. The quantitative estimate of drug-likeness (QED) is 0.742. The van der Waals surface area contributed by atoms with Crippen molar-refractivity contribution in [1.82, 2.24) is 10.2 Å². The predicted octanol–water partition coefficient (Wildman–Crippen LogP) is 2.22. The number of hydrogen-bond donors (Lipinski definition) is 1. The first kappa shape index (κ1) is 15.2. The Labute approximate surface area is 125 Å². The standard InChI is InChI=1S/C13H14N2O5S/c1-18-9-2-4-10(5-3-9)19-8-11-14-15-13(20-11)21-7-6-12(16)17/h2-5H,6-8H2,1H3,(H,16,17). The van der Waals surface area contributed by atoms with Gasteiger partial charge in [0.15, 0.2) is 6.61 Å². The molecule has 0 saturated heterocycles. The Morgan fingerprint density at radius 1 is 1.29 bits per heavy atom. The molecule has 1 aromatic carbocycles. The van der Waals surface area contributed by atoms with E-state index in [1.54, 1.807) is 31.4 Å². The Morgan fingerprint density at radius 3 is 2.67 bits per heavy atom. The topological polar surface area (TPSA) is 94.7 Å². The predicted molar refractivity (Wildman–Crippen MR) is 74.6 cm³/mol. The number of methoxy groups -OCH3 is 1. The van der Waals surface area contributed by atoms with E-state index < -0.39 is 5.97 Å². The number of benzene rings is 1. The molecule has 0 aliphatic carbocycles. The number of nitrogens with zero attached hydrogens (tertiary/aromatic N) is 2. The zero-order valence-electron chi connectivity index (χ0n) is 11.3. The van der Waals surface area contributed by atoms with Crippen LogP contribution in [-0.4, -0.2) is 34.1 Å². The highest BCUT2D eigenvalue weighted by Gasteiger charge is 2.08. The summed E-state index contributed by atoms with van der Waals surface area (Å²) >= 11 is 1.20. The molecule has 0 unspecified atom stereocenters. The fraction of sp³-hybridized carbons (Fsp3) is 0.308. The number of hydrogen-bond acceptors (Lipinski definition) is 7. The van der Waals surface area contributed by atoms with E-state index in [9.17, 15) is 4.79 Å². The SMILES string of the molecule is COc1ccc(OCc2nnc(SCCC(=O)O)o2)cc1. The molecular formula is C13H14N2O5S. The first-order chi connectivity index (χ1) is 10.2. The summed E-state index contributed by atoms with van der Waals surface area (Å²) in [6, 6.07) is 7.13. The van der Waals surface area contributed by atoms with Crippen LogP contribution in [0.25, 0.3) is 0 Å². The molecule has 1 N–H and O–H groups in total. The maximum Gasteiger partial charge on any atom is 0.304 e. The number of carboxylic acid groups (broad SMARTS) is 1. The molecule has 0 aliphatic heterocycles. The number of carboxylic acids is 1. The molecule has 112 valence electrons. The van der Waals surface area contributed by atoms with Crippen LogP contribution >= 0.6 is 11.8 Å². The van der Waals surface area contributed by atoms with Crippen molar-refractivity contribution in [3.8, 4) is 11.5 Å². The van der Waals surface area contributed by atoms with Gasteiger partial charge < -0.3 is 19.0 Å². The number of ether oxygens (including phenoxy) is 2. The highest BCUT2D eigenvalue weighted by atomic mass is 32.2. The summed E-state index contributed by atoms with van der Waals surface area (Å²) in [4.78, 5) is 10.4. The third-order valence-electron chi connectivity index (χ3n) is 2.41. The Hall–Kier alpha value is -2.22. The lowest BCUT2D eigenvalue weighted by atomic mass is 10.3. The molecule has 7 nitrogen and oxygen atoms in total. The molecular weight excluding hydrogens is 296 g/mol. The summed E-state index contributed by atoms with van der Waals surface area (Å²) in [7, 11) is 1.60. The second kappa shape index (κ2) is 7.53. The van der Waals surface area contributed by atoms with Crippen molar-refractivity contribution in [2.45, 2.75) is 18.3 Å². The van der Waals surface area contributed by atoms with Gasteiger partial charge in [0.25, 0.3) is 11.1 Å².